The molecular weight excluding hydrogens is 369 g/mol. The highest BCUT2D eigenvalue weighted by Crippen LogP contribution is 2.22. The van der Waals surface area contributed by atoms with Crippen molar-refractivity contribution < 1.29 is 26.4 Å². The normalized spacial score (nSPS) is 17.2. The van der Waals surface area contributed by atoms with Crippen LogP contribution in [0.3, 0.4) is 0 Å². The van der Waals surface area contributed by atoms with Crippen LogP contribution < -0.4 is 5.32 Å². The van der Waals surface area contributed by atoms with Gasteiger partial charge in [0.05, 0.1) is 17.2 Å². The lowest BCUT2D eigenvalue weighted by molar-refractivity contribution is -0.148. The Balaban J connectivity index is 1.68. The SMILES string of the molecule is O=C(CCS(=O)(=O)c1ccccc1)NCC1CCN(CC(F)(F)F)CC1. The predicted molar refractivity (Wildman–Crippen MR) is 91.3 cm³/mol. The lowest BCUT2D eigenvalue weighted by atomic mass is 9.97. The molecule has 1 amide bonds. The molecule has 1 N–H and O–H groups in total. The molecule has 2 rings (SSSR count). The van der Waals surface area contributed by atoms with Gasteiger partial charge < -0.3 is 5.32 Å². The number of benzene rings is 1. The van der Waals surface area contributed by atoms with E-state index in [1.54, 1.807) is 18.2 Å². The summed E-state index contributed by atoms with van der Waals surface area (Å²) in [5.74, 6) is -0.510. The van der Waals surface area contributed by atoms with Gasteiger partial charge in [0.15, 0.2) is 9.84 Å². The molecule has 9 heteroatoms. The Kier molecular flexibility index (Phi) is 7.05. The standard InChI is InChI=1S/C17H23F3N2O3S/c18-17(19,20)13-22-9-6-14(7-10-22)12-21-16(23)8-11-26(24,25)15-4-2-1-3-5-15/h1-5,14H,6-13H2,(H,21,23). The zero-order valence-corrected chi connectivity index (χ0v) is 15.2. The molecule has 1 aromatic carbocycles. The van der Waals surface area contributed by atoms with E-state index in [1.807, 2.05) is 0 Å². The van der Waals surface area contributed by atoms with Gasteiger partial charge in [0.25, 0.3) is 0 Å². The first-order chi connectivity index (χ1) is 12.2. The van der Waals surface area contributed by atoms with Crippen molar-refractivity contribution >= 4 is 15.7 Å². The van der Waals surface area contributed by atoms with Crippen LogP contribution in [0.2, 0.25) is 0 Å². The highest BCUT2D eigenvalue weighted by molar-refractivity contribution is 7.91. The van der Waals surface area contributed by atoms with Gasteiger partial charge in [0, 0.05) is 13.0 Å². The Morgan fingerprint density at radius 3 is 2.35 bits per heavy atom. The second kappa shape index (κ2) is 8.85. The average Bonchev–Trinajstić information content (AvgIpc) is 2.59. The molecule has 26 heavy (non-hydrogen) atoms. The number of amides is 1. The van der Waals surface area contributed by atoms with Gasteiger partial charge in [-0.05, 0) is 44.0 Å². The van der Waals surface area contributed by atoms with Crippen LogP contribution in [0.1, 0.15) is 19.3 Å². The number of likely N-dealkylation sites (tertiary alicyclic amines) is 1. The third-order valence-electron chi connectivity index (χ3n) is 4.40. The number of halogens is 3. The number of nitrogens with zero attached hydrogens (tertiary/aromatic N) is 1. The van der Waals surface area contributed by atoms with Crippen LogP contribution in [0, 0.1) is 5.92 Å². The topological polar surface area (TPSA) is 66.5 Å². The van der Waals surface area contributed by atoms with Gasteiger partial charge in [0.2, 0.25) is 5.91 Å². The van der Waals surface area contributed by atoms with Gasteiger partial charge in [-0.15, -0.1) is 0 Å². The predicted octanol–water partition coefficient (Wildman–Crippen LogP) is 2.24. The molecule has 5 nitrogen and oxygen atoms in total. The van der Waals surface area contributed by atoms with E-state index in [2.05, 4.69) is 5.32 Å². The van der Waals surface area contributed by atoms with Crippen LogP contribution in [0.25, 0.3) is 0 Å². The maximum Gasteiger partial charge on any atom is 0.401 e. The number of piperidine rings is 1. The number of hydrogen-bond acceptors (Lipinski definition) is 4. The molecule has 146 valence electrons. The Morgan fingerprint density at radius 2 is 1.77 bits per heavy atom. The molecule has 1 heterocycles. The van der Waals surface area contributed by atoms with Crippen molar-refractivity contribution in [3.63, 3.8) is 0 Å². The van der Waals surface area contributed by atoms with Crippen LogP contribution >= 0.6 is 0 Å². The minimum absolute atomic E-state index is 0.120. The fraction of sp³-hybridized carbons (Fsp3) is 0.588. The summed E-state index contributed by atoms with van der Waals surface area (Å²) in [6, 6.07) is 7.94. The zero-order valence-electron chi connectivity index (χ0n) is 14.3. The summed E-state index contributed by atoms with van der Waals surface area (Å²) in [7, 11) is -3.50. The number of sulfone groups is 1. The number of nitrogens with one attached hydrogen (secondary N) is 1. The summed E-state index contributed by atoms with van der Waals surface area (Å²) >= 11 is 0. The minimum Gasteiger partial charge on any atom is -0.356 e. The largest absolute Gasteiger partial charge is 0.401 e. The average molecular weight is 392 g/mol. The monoisotopic (exact) mass is 392 g/mol. The first-order valence-corrected chi connectivity index (χ1v) is 10.1. The number of hydrogen-bond donors (Lipinski definition) is 1. The van der Waals surface area contributed by atoms with Crippen molar-refractivity contribution in [2.45, 2.75) is 30.3 Å². The van der Waals surface area contributed by atoms with E-state index in [1.165, 1.54) is 17.0 Å². The van der Waals surface area contributed by atoms with Crippen molar-refractivity contribution in [1.82, 2.24) is 10.2 Å². The van der Waals surface area contributed by atoms with E-state index in [4.69, 9.17) is 0 Å². The molecular formula is C17H23F3N2O3S. The number of carbonyl (C=O) groups is 1. The molecule has 0 spiro atoms. The molecule has 1 saturated heterocycles. The van der Waals surface area contributed by atoms with Crippen molar-refractivity contribution in [3.05, 3.63) is 30.3 Å². The lowest BCUT2D eigenvalue weighted by Crippen LogP contribution is -2.42. The second-order valence-corrected chi connectivity index (χ2v) is 8.63. The summed E-state index contributed by atoms with van der Waals surface area (Å²) in [6.07, 6.45) is -3.16. The van der Waals surface area contributed by atoms with Crippen molar-refractivity contribution in [2.75, 3.05) is 31.9 Å². The molecule has 0 saturated carbocycles. The zero-order chi connectivity index (χ0) is 19.2. The van der Waals surface area contributed by atoms with Crippen LogP contribution in [0.4, 0.5) is 13.2 Å². The van der Waals surface area contributed by atoms with Crippen LogP contribution in [-0.2, 0) is 14.6 Å². The molecule has 0 atom stereocenters. The maximum atomic E-state index is 12.3. The van der Waals surface area contributed by atoms with Gasteiger partial charge in [-0.25, -0.2) is 8.42 Å². The van der Waals surface area contributed by atoms with Gasteiger partial charge in [-0.3, -0.25) is 9.69 Å². The smallest absolute Gasteiger partial charge is 0.356 e. The molecule has 0 bridgehead atoms. The molecule has 1 fully saturated rings. The van der Waals surface area contributed by atoms with E-state index in [-0.39, 0.29) is 28.9 Å². The van der Waals surface area contributed by atoms with E-state index in [0.717, 1.165) is 0 Å². The fourth-order valence-corrected chi connectivity index (χ4v) is 4.18. The van der Waals surface area contributed by atoms with Gasteiger partial charge in [0.1, 0.15) is 0 Å². The molecule has 0 aromatic heterocycles. The molecule has 1 aliphatic heterocycles. The molecule has 0 aliphatic carbocycles. The van der Waals surface area contributed by atoms with Crippen molar-refractivity contribution in [1.29, 1.82) is 0 Å². The van der Waals surface area contributed by atoms with Crippen molar-refractivity contribution in [2.24, 2.45) is 5.92 Å². The quantitative estimate of drug-likeness (QED) is 0.773. The first-order valence-electron chi connectivity index (χ1n) is 8.49. The summed E-state index contributed by atoms with van der Waals surface area (Å²) < 4.78 is 61.3. The van der Waals surface area contributed by atoms with Crippen LogP contribution in [-0.4, -0.2) is 57.3 Å². The summed E-state index contributed by atoms with van der Waals surface area (Å²) in [6.45, 7) is 0.165. The van der Waals surface area contributed by atoms with Gasteiger partial charge in [-0.1, -0.05) is 18.2 Å². The van der Waals surface area contributed by atoms with Crippen LogP contribution in [0.5, 0.6) is 0 Å². The highest BCUT2D eigenvalue weighted by atomic mass is 32.2. The van der Waals surface area contributed by atoms with Gasteiger partial charge in [-0.2, -0.15) is 13.2 Å². The highest BCUT2D eigenvalue weighted by Gasteiger charge is 2.32. The second-order valence-electron chi connectivity index (χ2n) is 6.52. The van der Waals surface area contributed by atoms with Gasteiger partial charge >= 0.3 is 6.18 Å². The molecule has 0 radical (unpaired) electrons. The summed E-state index contributed by atoms with van der Waals surface area (Å²) in [5, 5.41) is 2.70. The van der Waals surface area contributed by atoms with Crippen LogP contribution in [0.15, 0.2) is 35.2 Å². The number of carbonyl (C=O) groups excluding carboxylic acids is 1. The van der Waals surface area contributed by atoms with E-state index in [9.17, 15) is 26.4 Å². The Hall–Kier alpha value is -1.61. The maximum absolute atomic E-state index is 12.3. The Labute approximate surface area is 151 Å². The third-order valence-corrected chi connectivity index (χ3v) is 6.13. The third kappa shape index (κ3) is 6.95. The summed E-state index contributed by atoms with van der Waals surface area (Å²) in [5.41, 5.74) is 0. The van der Waals surface area contributed by atoms with E-state index < -0.39 is 22.6 Å². The summed E-state index contributed by atoms with van der Waals surface area (Å²) in [4.78, 5) is 13.4. The minimum atomic E-state index is -4.19. The van der Waals surface area contributed by atoms with Crippen molar-refractivity contribution in [3.8, 4) is 0 Å². The number of rotatable bonds is 7. The molecule has 0 unspecified atom stereocenters. The van der Waals surface area contributed by atoms with E-state index >= 15 is 0 Å². The first kappa shape index (κ1) is 20.7. The number of alkyl halides is 3. The fourth-order valence-electron chi connectivity index (χ4n) is 2.92. The Morgan fingerprint density at radius 1 is 1.15 bits per heavy atom. The lowest BCUT2D eigenvalue weighted by Gasteiger charge is -2.32. The molecule has 1 aromatic rings. The van der Waals surface area contributed by atoms with E-state index in [0.29, 0.717) is 32.5 Å². The Bertz CT molecular complexity index is 685. The molecule has 1 aliphatic rings.